The zero-order valence-corrected chi connectivity index (χ0v) is 16.1. The van der Waals surface area contributed by atoms with E-state index in [0.29, 0.717) is 19.6 Å². The van der Waals surface area contributed by atoms with Crippen LogP contribution in [0.15, 0.2) is 12.7 Å². The van der Waals surface area contributed by atoms with Crippen molar-refractivity contribution in [2.45, 2.75) is 39.2 Å². The van der Waals surface area contributed by atoms with Crippen LogP contribution >= 0.6 is 0 Å². The highest BCUT2D eigenvalue weighted by Gasteiger charge is 2.28. The summed E-state index contributed by atoms with van der Waals surface area (Å²) in [5, 5.41) is 0. The second-order valence-electron chi connectivity index (χ2n) is 7.61. The molecule has 0 N–H and O–H groups in total. The predicted molar refractivity (Wildman–Crippen MR) is 96.0 cm³/mol. The third-order valence-electron chi connectivity index (χ3n) is 4.03. The maximum atomic E-state index is 12.4. The Bertz CT molecular complexity index is 513. The molecule has 1 saturated heterocycles. The minimum Gasteiger partial charge on any atom is -0.444 e. The lowest BCUT2D eigenvalue weighted by Crippen LogP contribution is -2.47. The van der Waals surface area contributed by atoms with E-state index in [4.69, 9.17) is 4.74 Å². The number of carbonyl (C=O) groups is 3. The Morgan fingerprint density at radius 3 is 2.44 bits per heavy atom. The van der Waals surface area contributed by atoms with Crippen LogP contribution in [-0.4, -0.2) is 78.5 Å². The Morgan fingerprint density at radius 2 is 1.88 bits per heavy atom. The molecule has 0 radical (unpaired) electrons. The molecule has 1 heterocycles. The van der Waals surface area contributed by atoms with Gasteiger partial charge in [0.15, 0.2) is 0 Å². The fourth-order valence-electron chi connectivity index (χ4n) is 2.78. The molecule has 0 aromatic heterocycles. The first kappa shape index (κ1) is 21.0. The maximum absolute atomic E-state index is 12.4. The number of likely N-dealkylation sites (tertiary alicyclic amines) is 1. The first-order valence-corrected chi connectivity index (χ1v) is 8.63. The van der Waals surface area contributed by atoms with E-state index in [1.165, 1.54) is 11.0 Å². The number of hydrogen-bond acceptors (Lipinski definition) is 4. The van der Waals surface area contributed by atoms with Gasteiger partial charge in [0, 0.05) is 33.7 Å². The SMILES string of the molecule is C=CC(=O)N(C)CC(=O)N1CCCC(CN(C)C(=O)OC(C)(C)C)C1. The number of carbonyl (C=O) groups excluding carboxylic acids is 3. The topological polar surface area (TPSA) is 70.2 Å². The molecule has 0 saturated carbocycles. The number of rotatable bonds is 5. The van der Waals surface area contributed by atoms with Crippen LogP contribution in [-0.2, 0) is 14.3 Å². The molecule has 1 aliphatic rings. The molecule has 0 aliphatic carbocycles. The zero-order chi connectivity index (χ0) is 19.2. The highest BCUT2D eigenvalue weighted by Crippen LogP contribution is 2.19. The molecular formula is C18H31N3O4. The summed E-state index contributed by atoms with van der Waals surface area (Å²) in [5.41, 5.74) is -0.526. The summed E-state index contributed by atoms with van der Waals surface area (Å²) in [7, 11) is 3.30. The van der Waals surface area contributed by atoms with Crippen molar-refractivity contribution in [1.82, 2.24) is 14.7 Å². The molecule has 142 valence electrons. The quantitative estimate of drug-likeness (QED) is 0.706. The monoisotopic (exact) mass is 353 g/mol. The lowest BCUT2D eigenvalue weighted by Gasteiger charge is -2.35. The number of nitrogens with zero attached hydrogens (tertiary/aromatic N) is 3. The summed E-state index contributed by atoms with van der Waals surface area (Å²) in [5.74, 6) is -0.149. The van der Waals surface area contributed by atoms with Gasteiger partial charge in [-0.05, 0) is 45.6 Å². The third-order valence-corrected chi connectivity index (χ3v) is 4.03. The predicted octanol–water partition coefficient (Wildman–Crippen LogP) is 1.74. The fraction of sp³-hybridized carbons (Fsp3) is 0.722. The maximum Gasteiger partial charge on any atom is 0.410 e. The van der Waals surface area contributed by atoms with E-state index in [1.54, 1.807) is 23.9 Å². The van der Waals surface area contributed by atoms with E-state index in [9.17, 15) is 14.4 Å². The second-order valence-corrected chi connectivity index (χ2v) is 7.61. The van der Waals surface area contributed by atoms with E-state index in [-0.39, 0.29) is 30.4 Å². The summed E-state index contributed by atoms with van der Waals surface area (Å²) in [4.78, 5) is 40.6. The van der Waals surface area contributed by atoms with Gasteiger partial charge in [-0.3, -0.25) is 9.59 Å². The van der Waals surface area contributed by atoms with E-state index in [2.05, 4.69) is 6.58 Å². The van der Waals surface area contributed by atoms with E-state index < -0.39 is 5.60 Å². The van der Waals surface area contributed by atoms with Crippen molar-refractivity contribution in [2.24, 2.45) is 5.92 Å². The molecule has 1 aliphatic heterocycles. The molecule has 0 spiro atoms. The summed E-state index contributed by atoms with van der Waals surface area (Å²) < 4.78 is 5.36. The third kappa shape index (κ3) is 7.15. The van der Waals surface area contributed by atoms with E-state index in [1.807, 2.05) is 20.8 Å². The Morgan fingerprint density at radius 1 is 1.24 bits per heavy atom. The number of amides is 3. The van der Waals surface area contributed by atoms with Crippen molar-refractivity contribution in [3.63, 3.8) is 0 Å². The Balaban J connectivity index is 2.54. The number of ether oxygens (including phenoxy) is 1. The first-order valence-electron chi connectivity index (χ1n) is 8.63. The van der Waals surface area contributed by atoms with Gasteiger partial charge in [-0.25, -0.2) is 4.79 Å². The van der Waals surface area contributed by atoms with E-state index in [0.717, 1.165) is 12.8 Å². The highest BCUT2D eigenvalue weighted by molar-refractivity contribution is 5.90. The van der Waals surface area contributed by atoms with Crippen LogP contribution in [0.2, 0.25) is 0 Å². The fourth-order valence-corrected chi connectivity index (χ4v) is 2.78. The molecule has 7 nitrogen and oxygen atoms in total. The van der Waals surface area contributed by atoms with Gasteiger partial charge in [0.25, 0.3) is 0 Å². The van der Waals surface area contributed by atoms with Gasteiger partial charge < -0.3 is 19.4 Å². The van der Waals surface area contributed by atoms with Crippen LogP contribution in [0.4, 0.5) is 4.79 Å². The molecule has 3 amide bonds. The number of hydrogen-bond donors (Lipinski definition) is 0. The van der Waals surface area contributed by atoms with Crippen LogP contribution in [0.3, 0.4) is 0 Å². The first-order chi connectivity index (χ1) is 11.5. The molecule has 0 bridgehead atoms. The van der Waals surface area contributed by atoms with Crippen LogP contribution in [0, 0.1) is 5.92 Å². The van der Waals surface area contributed by atoms with Crippen molar-refractivity contribution >= 4 is 17.9 Å². The summed E-state index contributed by atoms with van der Waals surface area (Å²) in [6.07, 6.45) is 2.69. The Labute approximate surface area is 150 Å². The van der Waals surface area contributed by atoms with Gasteiger partial charge in [0.2, 0.25) is 11.8 Å². The largest absolute Gasteiger partial charge is 0.444 e. The number of piperidine rings is 1. The molecule has 7 heteroatoms. The molecule has 0 aromatic carbocycles. The van der Waals surface area contributed by atoms with Crippen molar-refractivity contribution in [1.29, 1.82) is 0 Å². The van der Waals surface area contributed by atoms with Crippen LogP contribution in [0.5, 0.6) is 0 Å². The minimum atomic E-state index is -0.526. The summed E-state index contributed by atoms with van der Waals surface area (Å²) >= 11 is 0. The molecule has 1 unspecified atom stereocenters. The van der Waals surface area contributed by atoms with Gasteiger partial charge in [0.1, 0.15) is 5.60 Å². The van der Waals surface area contributed by atoms with Gasteiger partial charge in [-0.2, -0.15) is 0 Å². The molecule has 1 rings (SSSR count). The lowest BCUT2D eigenvalue weighted by atomic mass is 9.97. The van der Waals surface area contributed by atoms with Crippen LogP contribution in [0.1, 0.15) is 33.6 Å². The molecule has 1 fully saturated rings. The van der Waals surface area contributed by atoms with Crippen molar-refractivity contribution < 1.29 is 19.1 Å². The molecule has 25 heavy (non-hydrogen) atoms. The molecular weight excluding hydrogens is 322 g/mol. The minimum absolute atomic E-state index is 0.0411. The van der Waals surface area contributed by atoms with Crippen LogP contribution in [0.25, 0.3) is 0 Å². The average Bonchev–Trinajstić information content (AvgIpc) is 2.52. The average molecular weight is 353 g/mol. The molecule has 0 aromatic rings. The molecule has 1 atom stereocenters. The van der Waals surface area contributed by atoms with Gasteiger partial charge >= 0.3 is 6.09 Å². The summed E-state index contributed by atoms with van der Waals surface area (Å²) in [6.45, 7) is 10.8. The second kappa shape index (κ2) is 8.87. The standard InChI is InChI=1S/C18H31N3O4/c1-7-15(22)19(5)13-16(23)21-10-8-9-14(12-21)11-20(6)17(24)25-18(2,3)4/h7,14H,1,8-13H2,2-6H3. The van der Waals surface area contributed by atoms with Crippen molar-refractivity contribution in [3.05, 3.63) is 12.7 Å². The number of likely N-dealkylation sites (N-methyl/N-ethyl adjacent to an activating group) is 1. The Hall–Kier alpha value is -2.05. The van der Waals surface area contributed by atoms with Gasteiger partial charge in [-0.1, -0.05) is 6.58 Å². The lowest BCUT2D eigenvalue weighted by molar-refractivity contribution is -0.138. The van der Waals surface area contributed by atoms with Crippen molar-refractivity contribution in [3.8, 4) is 0 Å². The van der Waals surface area contributed by atoms with Gasteiger partial charge in [-0.15, -0.1) is 0 Å². The summed E-state index contributed by atoms with van der Waals surface area (Å²) in [6, 6.07) is 0. The zero-order valence-electron chi connectivity index (χ0n) is 16.1. The Kier molecular flexibility index (Phi) is 7.45. The normalized spacial score (nSPS) is 17.6. The van der Waals surface area contributed by atoms with Crippen molar-refractivity contribution in [2.75, 3.05) is 40.3 Å². The highest BCUT2D eigenvalue weighted by atomic mass is 16.6. The smallest absolute Gasteiger partial charge is 0.410 e. The van der Waals surface area contributed by atoms with Gasteiger partial charge in [0.05, 0.1) is 6.54 Å². The van der Waals surface area contributed by atoms with Crippen LogP contribution < -0.4 is 0 Å². The van der Waals surface area contributed by atoms with E-state index >= 15 is 0 Å².